The minimum Gasteiger partial charge on any atom is -0.450 e. The molecule has 0 saturated heterocycles. The van der Waals surface area contributed by atoms with Crippen molar-refractivity contribution < 1.29 is 26.9 Å². The van der Waals surface area contributed by atoms with E-state index in [-0.39, 0.29) is 17.2 Å². The number of nitro groups is 1. The molecule has 0 bridgehead atoms. The molecule has 2 rings (SSSR count). The van der Waals surface area contributed by atoms with Crippen molar-refractivity contribution in [2.75, 3.05) is 0 Å². The number of ether oxygens (including phenoxy) is 1. The number of nitrogens with zero attached hydrogens (tertiary/aromatic N) is 1. The topological polar surface area (TPSA) is 86.5 Å². The molecule has 0 aromatic heterocycles. The van der Waals surface area contributed by atoms with Gasteiger partial charge in [-0.15, -0.1) is 0 Å². The van der Waals surface area contributed by atoms with Gasteiger partial charge in [0.05, 0.1) is 9.82 Å². The maximum atomic E-state index is 12.4. The third kappa shape index (κ3) is 3.62. The maximum Gasteiger partial charge on any atom is 0.341 e. The molecule has 0 spiro atoms. The van der Waals surface area contributed by atoms with E-state index in [9.17, 15) is 27.3 Å². The fourth-order valence-electron chi connectivity index (χ4n) is 1.78. The Labute approximate surface area is 130 Å². The van der Waals surface area contributed by atoms with Crippen molar-refractivity contribution in [3.8, 4) is 11.5 Å². The highest BCUT2D eigenvalue weighted by atomic mass is 32.2. The molecule has 0 fully saturated rings. The fraction of sp³-hybridized carbons (Fsp3) is 0.143. The Bertz CT molecular complexity index is 835. The third-order valence-electron chi connectivity index (χ3n) is 2.93. The zero-order valence-electron chi connectivity index (χ0n) is 11.8. The van der Waals surface area contributed by atoms with Gasteiger partial charge in [0, 0.05) is 6.07 Å². The van der Waals surface area contributed by atoms with Crippen LogP contribution in [0, 0.1) is 17.0 Å². The summed E-state index contributed by atoms with van der Waals surface area (Å²) in [5, 5.41) is 10.9. The summed E-state index contributed by atoms with van der Waals surface area (Å²) in [6, 6.07) is 8.49. The summed E-state index contributed by atoms with van der Waals surface area (Å²) in [6.45, 7) is 1.72. The largest absolute Gasteiger partial charge is 0.450 e. The molecular weight excluding hydrogens is 332 g/mol. The molecular formula is C14H11F2NO5S. The average molecular weight is 343 g/mol. The molecule has 0 atom stereocenters. The Kier molecular flexibility index (Phi) is 4.60. The van der Waals surface area contributed by atoms with Gasteiger partial charge in [-0.3, -0.25) is 10.1 Å². The second kappa shape index (κ2) is 6.29. The van der Waals surface area contributed by atoms with Gasteiger partial charge >= 0.3 is 11.4 Å². The van der Waals surface area contributed by atoms with Crippen LogP contribution in [-0.4, -0.2) is 19.1 Å². The van der Waals surface area contributed by atoms with Crippen LogP contribution in [0.1, 0.15) is 5.56 Å². The molecule has 0 aliphatic rings. The van der Waals surface area contributed by atoms with Gasteiger partial charge in [0.2, 0.25) is 15.6 Å². The second-order valence-electron chi connectivity index (χ2n) is 4.61. The first kappa shape index (κ1) is 16.8. The number of alkyl halides is 2. The van der Waals surface area contributed by atoms with Crippen LogP contribution in [0.25, 0.3) is 0 Å². The SMILES string of the molecule is Cc1ccc([N+](=O)[O-])c(Oc2ccc(S(=O)(=O)C(F)F)cc2)c1. The van der Waals surface area contributed by atoms with E-state index in [1.807, 2.05) is 0 Å². The van der Waals surface area contributed by atoms with Crippen LogP contribution in [-0.2, 0) is 9.84 Å². The number of hydrogen-bond donors (Lipinski definition) is 0. The lowest BCUT2D eigenvalue weighted by Gasteiger charge is -2.08. The van der Waals surface area contributed by atoms with E-state index in [0.717, 1.165) is 29.8 Å². The molecule has 2 aromatic rings. The average Bonchev–Trinajstić information content (AvgIpc) is 2.47. The molecule has 0 aliphatic heterocycles. The first-order chi connectivity index (χ1) is 10.7. The number of rotatable bonds is 5. The van der Waals surface area contributed by atoms with Crippen LogP contribution >= 0.6 is 0 Å². The molecule has 0 radical (unpaired) electrons. The summed E-state index contributed by atoms with van der Waals surface area (Å²) < 4.78 is 52.9. The molecule has 0 unspecified atom stereocenters. The van der Waals surface area contributed by atoms with Crippen molar-refractivity contribution in [1.29, 1.82) is 0 Å². The summed E-state index contributed by atoms with van der Waals surface area (Å²) in [5.74, 6) is -3.46. The number of nitro benzene ring substituents is 1. The Morgan fingerprint density at radius 3 is 2.26 bits per heavy atom. The fourth-order valence-corrected chi connectivity index (χ4v) is 2.50. The van der Waals surface area contributed by atoms with Gasteiger partial charge in [-0.25, -0.2) is 8.42 Å². The Balaban J connectivity index is 2.33. The van der Waals surface area contributed by atoms with Gasteiger partial charge < -0.3 is 4.74 Å². The van der Waals surface area contributed by atoms with E-state index < -0.39 is 25.4 Å². The Morgan fingerprint density at radius 2 is 1.74 bits per heavy atom. The summed E-state index contributed by atoms with van der Waals surface area (Å²) in [5.41, 5.74) is 0.461. The number of benzene rings is 2. The van der Waals surface area contributed by atoms with Gasteiger partial charge in [0.1, 0.15) is 5.75 Å². The normalized spacial score (nSPS) is 11.5. The molecule has 0 aliphatic carbocycles. The minimum absolute atomic E-state index is 0.0283. The van der Waals surface area contributed by atoms with Crippen LogP contribution in [0.5, 0.6) is 11.5 Å². The summed E-state index contributed by atoms with van der Waals surface area (Å²) in [6.07, 6.45) is 0. The van der Waals surface area contributed by atoms with E-state index >= 15 is 0 Å². The van der Waals surface area contributed by atoms with Gasteiger partial charge in [0.25, 0.3) is 0 Å². The predicted molar refractivity (Wildman–Crippen MR) is 77.5 cm³/mol. The number of halogens is 2. The molecule has 0 amide bonds. The second-order valence-corrected chi connectivity index (χ2v) is 6.53. The van der Waals surface area contributed by atoms with Crippen molar-refractivity contribution >= 4 is 15.5 Å². The van der Waals surface area contributed by atoms with E-state index in [1.165, 1.54) is 12.1 Å². The molecule has 0 heterocycles. The van der Waals surface area contributed by atoms with E-state index in [1.54, 1.807) is 13.0 Å². The first-order valence-electron chi connectivity index (χ1n) is 6.27. The highest BCUT2D eigenvalue weighted by Crippen LogP contribution is 2.32. The van der Waals surface area contributed by atoms with E-state index in [2.05, 4.69) is 0 Å². The lowest BCUT2D eigenvalue weighted by atomic mass is 10.2. The van der Waals surface area contributed by atoms with Gasteiger partial charge in [-0.1, -0.05) is 6.07 Å². The van der Waals surface area contributed by atoms with Gasteiger partial charge in [0.15, 0.2) is 0 Å². The monoisotopic (exact) mass is 343 g/mol. The lowest BCUT2D eigenvalue weighted by molar-refractivity contribution is -0.385. The third-order valence-corrected chi connectivity index (χ3v) is 4.33. The molecule has 2 aromatic carbocycles. The first-order valence-corrected chi connectivity index (χ1v) is 7.81. The quantitative estimate of drug-likeness (QED) is 0.610. The van der Waals surface area contributed by atoms with Crippen molar-refractivity contribution in [3.05, 3.63) is 58.1 Å². The number of hydrogen-bond acceptors (Lipinski definition) is 5. The smallest absolute Gasteiger partial charge is 0.341 e. The van der Waals surface area contributed by atoms with Crippen molar-refractivity contribution in [2.24, 2.45) is 0 Å². The highest BCUT2D eigenvalue weighted by Gasteiger charge is 2.26. The predicted octanol–water partition coefficient (Wildman–Crippen LogP) is 3.69. The molecule has 23 heavy (non-hydrogen) atoms. The van der Waals surface area contributed by atoms with Crippen LogP contribution in [0.2, 0.25) is 0 Å². The van der Waals surface area contributed by atoms with Crippen molar-refractivity contribution in [1.82, 2.24) is 0 Å². The molecule has 122 valence electrons. The zero-order chi connectivity index (χ0) is 17.2. The van der Waals surface area contributed by atoms with E-state index in [4.69, 9.17) is 4.74 Å². The summed E-state index contributed by atoms with van der Waals surface area (Å²) in [4.78, 5) is 9.77. The zero-order valence-corrected chi connectivity index (χ0v) is 12.6. The maximum absolute atomic E-state index is 12.4. The minimum atomic E-state index is -4.69. The van der Waals surface area contributed by atoms with Gasteiger partial charge in [-0.2, -0.15) is 8.78 Å². The van der Waals surface area contributed by atoms with Gasteiger partial charge in [-0.05, 0) is 42.8 Å². The molecule has 0 N–H and O–H groups in total. The Morgan fingerprint density at radius 1 is 1.13 bits per heavy atom. The highest BCUT2D eigenvalue weighted by molar-refractivity contribution is 7.91. The molecule has 0 saturated carbocycles. The van der Waals surface area contributed by atoms with E-state index in [0.29, 0.717) is 0 Å². The van der Waals surface area contributed by atoms with Crippen LogP contribution in [0.15, 0.2) is 47.4 Å². The van der Waals surface area contributed by atoms with Crippen LogP contribution in [0.3, 0.4) is 0 Å². The van der Waals surface area contributed by atoms with Crippen LogP contribution in [0.4, 0.5) is 14.5 Å². The summed E-state index contributed by atoms with van der Waals surface area (Å²) in [7, 11) is -4.69. The number of sulfone groups is 1. The van der Waals surface area contributed by atoms with Crippen LogP contribution < -0.4 is 4.74 Å². The molecule has 9 heteroatoms. The lowest BCUT2D eigenvalue weighted by Crippen LogP contribution is -2.11. The summed E-state index contributed by atoms with van der Waals surface area (Å²) >= 11 is 0. The number of aryl methyl sites for hydroxylation is 1. The van der Waals surface area contributed by atoms with Crippen molar-refractivity contribution in [2.45, 2.75) is 17.6 Å². The van der Waals surface area contributed by atoms with Crippen molar-refractivity contribution in [3.63, 3.8) is 0 Å². The molecule has 6 nitrogen and oxygen atoms in total. The standard InChI is InChI=1S/C14H11F2NO5S/c1-9-2-7-12(17(18)19)13(8-9)22-10-3-5-11(6-4-10)23(20,21)14(15)16/h2-8,14H,1H3. The Hall–Kier alpha value is -2.55.